The highest BCUT2D eigenvalue weighted by atomic mass is 35.5. The highest BCUT2D eigenvalue weighted by Crippen LogP contribution is 2.43. The van der Waals surface area contributed by atoms with Crippen LogP contribution in [0.5, 0.6) is 11.5 Å². The van der Waals surface area contributed by atoms with Crippen molar-refractivity contribution in [3.63, 3.8) is 0 Å². The summed E-state index contributed by atoms with van der Waals surface area (Å²) in [5.41, 5.74) is 1.45. The second kappa shape index (κ2) is 21.5. The number of hydrogen-bond acceptors (Lipinski definition) is 10. The lowest BCUT2D eigenvalue weighted by atomic mass is 10.00. The molecule has 360 valence electrons. The Hall–Kier alpha value is -8.37. The molecule has 0 unspecified atom stereocenters. The number of benzene rings is 9. The van der Waals surface area contributed by atoms with Gasteiger partial charge in [0.05, 0.1) is 64.7 Å². The maximum absolute atomic E-state index is 13.8. The first kappa shape index (κ1) is 49.6. The molecule has 0 saturated carbocycles. The number of nitrogens with one attached hydrogen (secondary N) is 4. The smallest absolute Gasteiger partial charge is 0.259 e. The van der Waals surface area contributed by atoms with Gasteiger partial charge < -0.3 is 31.5 Å². The van der Waals surface area contributed by atoms with Crippen molar-refractivity contribution < 1.29 is 29.4 Å². The molecule has 0 saturated heterocycles. The molecule has 19 heteroatoms. The van der Waals surface area contributed by atoms with Crippen molar-refractivity contribution in [2.75, 3.05) is 21.3 Å². The third kappa shape index (κ3) is 10.9. The number of anilines is 4. The number of fused-ring (bicyclic) bond motifs is 2. The minimum absolute atomic E-state index is 0.0336. The lowest BCUT2D eigenvalue weighted by molar-refractivity contribution is 0.101. The molecule has 0 spiro atoms. The van der Waals surface area contributed by atoms with Gasteiger partial charge in [-0.3, -0.25) is 19.2 Å². The fourth-order valence-electron chi connectivity index (χ4n) is 7.45. The quantitative estimate of drug-likeness (QED) is 0.0656. The Kier molecular flexibility index (Phi) is 14.6. The van der Waals surface area contributed by atoms with Crippen LogP contribution in [0, 0.1) is 0 Å². The molecule has 0 fully saturated rings. The summed E-state index contributed by atoms with van der Waals surface area (Å²) in [6, 6.07) is 43.0. The van der Waals surface area contributed by atoms with E-state index < -0.39 is 35.1 Å². The van der Waals surface area contributed by atoms with Gasteiger partial charge in [0, 0.05) is 21.9 Å². The number of para-hydroxylation sites is 4. The first-order valence-electron chi connectivity index (χ1n) is 21.7. The Bertz CT molecular complexity index is 3800. The van der Waals surface area contributed by atoms with E-state index in [0.29, 0.717) is 43.0 Å². The molecule has 0 aromatic heterocycles. The summed E-state index contributed by atoms with van der Waals surface area (Å²) in [4.78, 5) is 54.3. The predicted molar refractivity (Wildman–Crippen MR) is 289 cm³/mol. The molecule has 9 aromatic rings. The Morgan fingerprint density at radius 3 is 1.12 bits per heavy atom. The molecular weight excluding hydrogens is 1030 g/mol. The number of amides is 4. The molecule has 0 aliphatic rings. The van der Waals surface area contributed by atoms with Gasteiger partial charge in [0.15, 0.2) is 11.5 Å². The van der Waals surface area contributed by atoms with Gasteiger partial charge in [-0.2, -0.15) is 5.11 Å². The Morgan fingerprint density at radius 1 is 0.370 bits per heavy atom. The summed E-state index contributed by atoms with van der Waals surface area (Å²) in [5, 5.41) is 54.2. The Labute approximate surface area is 439 Å². The summed E-state index contributed by atoms with van der Waals surface area (Å²) in [7, 11) is 0. The van der Waals surface area contributed by atoms with Crippen LogP contribution in [0.25, 0.3) is 21.5 Å². The number of halogens is 5. The van der Waals surface area contributed by atoms with E-state index in [1.807, 2.05) is 0 Å². The van der Waals surface area contributed by atoms with E-state index in [9.17, 15) is 29.4 Å². The zero-order chi connectivity index (χ0) is 51.3. The fourth-order valence-corrected chi connectivity index (χ4v) is 8.40. The van der Waals surface area contributed by atoms with Crippen LogP contribution in [-0.4, -0.2) is 33.8 Å². The molecule has 0 bridgehead atoms. The van der Waals surface area contributed by atoms with Gasteiger partial charge in [0.1, 0.15) is 17.1 Å². The van der Waals surface area contributed by atoms with Crippen LogP contribution in [0.3, 0.4) is 0 Å². The van der Waals surface area contributed by atoms with Gasteiger partial charge in [-0.15, -0.1) is 15.3 Å². The normalized spacial score (nSPS) is 11.3. The molecule has 0 aliphatic heterocycles. The van der Waals surface area contributed by atoms with E-state index in [0.717, 1.165) is 0 Å². The minimum Gasteiger partial charge on any atom is -0.505 e. The van der Waals surface area contributed by atoms with E-state index in [-0.39, 0.29) is 71.4 Å². The molecule has 0 heterocycles. The van der Waals surface area contributed by atoms with Crippen molar-refractivity contribution in [3.05, 3.63) is 211 Å². The molecule has 4 amide bonds. The van der Waals surface area contributed by atoms with E-state index >= 15 is 0 Å². The van der Waals surface area contributed by atoms with Gasteiger partial charge in [0.25, 0.3) is 23.6 Å². The van der Waals surface area contributed by atoms with Gasteiger partial charge in [0.2, 0.25) is 0 Å². The monoisotopic (exact) mass is 1060 g/mol. The highest BCUT2D eigenvalue weighted by Gasteiger charge is 2.23. The van der Waals surface area contributed by atoms with Gasteiger partial charge in [-0.1, -0.05) is 119 Å². The minimum atomic E-state index is -0.729. The van der Waals surface area contributed by atoms with Gasteiger partial charge in [-0.05, 0) is 114 Å². The average Bonchev–Trinajstić information content (AvgIpc) is 3.38. The number of phenolic OH excluding ortho intramolecular Hbond substituents is 2. The van der Waals surface area contributed by atoms with E-state index in [1.54, 1.807) is 109 Å². The number of azo groups is 2. The summed E-state index contributed by atoms with van der Waals surface area (Å²) in [6.07, 6.45) is 0. The standard InChI is InChI=1S/C54H33Cl5N8O6/c55-37-9-1-5-13-42(37)60-51(70)28-17-20-33-30(23-28)25-35(53(72)62-44-15-7-3-11-39(44)57)49(68)47(33)66-64-32-19-22-46(41(59)27-32)65-67-48-34-21-18-29(52(71)61-43-14-6-2-10-38(43)56)24-31(34)26-36(50(48)69)54(73)63-45-16-8-4-12-40(45)58/h1-27,68-69H,(H,60,70)(H,61,71)(H,62,72)(H,63,73). The summed E-state index contributed by atoms with van der Waals surface area (Å²) in [6.45, 7) is 0. The zero-order valence-corrected chi connectivity index (χ0v) is 41.1. The SMILES string of the molecule is O=C(Nc1ccccc1Cl)c1ccc2c(N=Nc3ccc(N=Nc4c(O)c(C(=O)Nc5ccccc5Cl)cc5cc(C(=O)Nc6ccccc6Cl)ccc45)c(Cl)c3)c(O)c(C(=O)Nc3ccccc3Cl)cc2c1. The van der Waals surface area contributed by atoms with Crippen molar-refractivity contribution in [1.82, 2.24) is 0 Å². The fraction of sp³-hybridized carbons (Fsp3) is 0. The van der Waals surface area contributed by atoms with Gasteiger partial charge >= 0.3 is 0 Å². The van der Waals surface area contributed by atoms with Crippen LogP contribution >= 0.6 is 58.0 Å². The second-order valence-corrected chi connectivity index (χ2v) is 17.9. The number of carbonyl (C=O) groups is 4. The number of carbonyl (C=O) groups excluding carboxylic acids is 4. The molecule has 6 N–H and O–H groups in total. The summed E-state index contributed by atoms with van der Waals surface area (Å²) < 4.78 is 0. The lowest BCUT2D eigenvalue weighted by Gasteiger charge is -2.13. The maximum Gasteiger partial charge on any atom is 0.259 e. The van der Waals surface area contributed by atoms with Crippen molar-refractivity contribution in [1.29, 1.82) is 0 Å². The molecule has 9 aromatic carbocycles. The van der Waals surface area contributed by atoms with E-state index in [2.05, 4.69) is 41.7 Å². The first-order chi connectivity index (χ1) is 35.2. The van der Waals surface area contributed by atoms with Crippen molar-refractivity contribution in [3.8, 4) is 11.5 Å². The third-order valence-corrected chi connectivity index (χ3v) is 12.7. The number of aromatic hydroxyl groups is 2. The van der Waals surface area contributed by atoms with Crippen LogP contribution in [0.2, 0.25) is 25.1 Å². The van der Waals surface area contributed by atoms with Crippen molar-refractivity contribution in [2.24, 2.45) is 20.5 Å². The van der Waals surface area contributed by atoms with Crippen LogP contribution in [-0.2, 0) is 0 Å². The van der Waals surface area contributed by atoms with Crippen LogP contribution in [0.4, 0.5) is 45.5 Å². The molecule has 0 aliphatic carbocycles. The first-order valence-corrected chi connectivity index (χ1v) is 23.6. The Morgan fingerprint density at radius 2 is 0.740 bits per heavy atom. The number of phenols is 2. The zero-order valence-electron chi connectivity index (χ0n) is 37.3. The predicted octanol–water partition coefficient (Wildman–Crippen LogP) is 16.5. The lowest BCUT2D eigenvalue weighted by Crippen LogP contribution is -2.13. The van der Waals surface area contributed by atoms with E-state index in [4.69, 9.17) is 58.0 Å². The molecule has 0 atom stereocenters. The third-order valence-electron chi connectivity index (χ3n) is 11.1. The molecular formula is C54H33Cl5N8O6. The topological polar surface area (TPSA) is 206 Å². The van der Waals surface area contributed by atoms with Gasteiger partial charge in [-0.25, -0.2) is 0 Å². The molecule has 73 heavy (non-hydrogen) atoms. The number of hydrogen-bond donors (Lipinski definition) is 6. The van der Waals surface area contributed by atoms with Crippen LogP contribution in [0.15, 0.2) is 184 Å². The highest BCUT2D eigenvalue weighted by molar-refractivity contribution is 6.36. The summed E-state index contributed by atoms with van der Waals surface area (Å²) in [5.74, 6) is -3.48. The maximum atomic E-state index is 13.8. The summed E-state index contributed by atoms with van der Waals surface area (Å²) >= 11 is 32.0. The molecule has 9 rings (SSSR count). The molecule has 14 nitrogen and oxygen atoms in total. The largest absolute Gasteiger partial charge is 0.505 e. The van der Waals surface area contributed by atoms with E-state index in [1.165, 1.54) is 54.6 Å². The van der Waals surface area contributed by atoms with Crippen LogP contribution in [0.1, 0.15) is 41.4 Å². The Balaban J connectivity index is 1.05. The average molecular weight is 1070 g/mol. The number of nitrogens with zero attached hydrogens (tertiary/aromatic N) is 4. The second-order valence-electron chi connectivity index (χ2n) is 15.9. The molecule has 0 radical (unpaired) electrons. The number of rotatable bonds is 12. The van der Waals surface area contributed by atoms with Crippen LogP contribution < -0.4 is 21.3 Å². The van der Waals surface area contributed by atoms with Crippen molar-refractivity contribution in [2.45, 2.75) is 0 Å². The van der Waals surface area contributed by atoms with Crippen molar-refractivity contribution >= 4 is 149 Å².